The first-order chi connectivity index (χ1) is 13.4. The Labute approximate surface area is 160 Å². The molecule has 7 nitrogen and oxygen atoms in total. The normalized spacial score (nSPS) is 10.7. The molecule has 2 aromatic carbocycles. The minimum absolute atomic E-state index is 0.180. The molecule has 0 unspecified atom stereocenters. The van der Waals surface area contributed by atoms with Crippen molar-refractivity contribution in [2.75, 3.05) is 13.6 Å². The molecular weight excluding hydrogens is 363 g/mol. The summed E-state index contributed by atoms with van der Waals surface area (Å²) in [5.74, 6) is -1.07. The van der Waals surface area contributed by atoms with Gasteiger partial charge in [0.25, 0.3) is 11.5 Å². The van der Waals surface area contributed by atoms with E-state index in [0.717, 1.165) is 9.25 Å². The van der Waals surface area contributed by atoms with Crippen LogP contribution in [0.4, 0.5) is 4.39 Å². The molecule has 0 radical (unpaired) electrons. The number of hydrogen-bond acceptors (Lipinski definition) is 4. The average molecular weight is 382 g/mol. The Balaban J connectivity index is 2.23. The van der Waals surface area contributed by atoms with Gasteiger partial charge in [-0.2, -0.15) is 9.78 Å². The number of hydrogen-bond donors (Lipinski definition) is 0. The predicted octanol–water partition coefficient (Wildman–Crippen LogP) is 1.67. The summed E-state index contributed by atoms with van der Waals surface area (Å²) in [6.45, 7) is 1.95. The molecule has 1 heterocycles. The van der Waals surface area contributed by atoms with Crippen molar-refractivity contribution in [3.05, 3.63) is 92.5 Å². The Bertz CT molecular complexity index is 1120. The maximum Gasteiger partial charge on any atom is 0.352 e. The number of para-hydroxylation sites is 1. The Kier molecular flexibility index (Phi) is 5.49. The van der Waals surface area contributed by atoms with Crippen molar-refractivity contribution in [2.24, 2.45) is 0 Å². The second-order valence-corrected chi connectivity index (χ2v) is 6.22. The van der Waals surface area contributed by atoms with Crippen LogP contribution < -0.4 is 11.2 Å². The van der Waals surface area contributed by atoms with Gasteiger partial charge in [-0.25, -0.2) is 9.18 Å². The van der Waals surface area contributed by atoms with Crippen LogP contribution in [0, 0.1) is 5.82 Å². The van der Waals surface area contributed by atoms with Crippen molar-refractivity contribution in [1.29, 1.82) is 0 Å². The Morgan fingerprint density at radius 2 is 1.82 bits per heavy atom. The molecule has 0 saturated heterocycles. The van der Waals surface area contributed by atoms with Crippen LogP contribution in [-0.4, -0.2) is 38.7 Å². The molecule has 0 aliphatic heterocycles. The van der Waals surface area contributed by atoms with Crippen molar-refractivity contribution in [2.45, 2.75) is 13.5 Å². The zero-order valence-electron chi connectivity index (χ0n) is 15.5. The summed E-state index contributed by atoms with van der Waals surface area (Å²) >= 11 is 0. The molecular formula is C20H19FN4O3. The number of halogens is 1. The highest BCUT2D eigenvalue weighted by Gasteiger charge is 2.22. The summed E-state index contributed by atoms with van der Waals surface area (Å²) in [6.07, 6.45) is 0. The minimum atomic E-state index is -0.813. The summed E-state index contributed by atoms with van der Waals surface area (Å²) in [7, 11) is 1.54. The number of carbonyl (C=O) groups is 1. The van der Waals surface area contributed by atoms with E-state index in [1.807, 2.05) is 0 Å². The monoisotopic (exact) mass is 382 g/mol. The third-order valence-corrected chi connectivity index (χ3v) is 4.31. The smallest absolute Gasteiger partial charge is 0.340 e. The number of carbonyl (C=O) groups excluding carboxylic acids is 1. The molecule has 0 aliphatic rings. The first-order valence-corrected chi connectivity index (χ1v) is 8.72. The molecule has 0 aliphatic carbocycles. The average Bonchev–Trinajstić information content (AvgIpc) is 2.71. The van der Waals surface area contributed by atoms with Crippen LogP contribution >= 0.6 is 0 Å². The fraction of sp³-hybridized carbons (Fsp3) is 0.200. The Morgan fingerprint density at radius 3 is 2.46 bits per heavy atom. The number of nitrogens with zero attached hydrogens (tertiary/aromatic N) is 4. The van der Waals surface area contributed by atoms with Crippen LogP contribution in [0.5, 0.6) is 0 Å². The minimum Gasteiger partial charge on any atom is -0.340 e. The molecule has 1 aromatic heterocycles. The van der Waals surface area contributed by atoms with Gasteiger partial charge in [0.15, 0.2) is 0 Å². The topological polar surface area (TPSA) is 77.2 Å². The quantitative estimate of drug-likeness (QED) is 0.673. The van der Waals surface area contributed by atoms with Crippen molar-refractivity contribution in [3.63, 3.8) is 0 Å². The highest BCUT2D eigenvalue weighted by molar-refractivity contribution is 5.91. The standard InChI is InChI=1S/C20H19FN4O3/c1-3-23(2)18(26)17-19(27)24(13-14-8-7-9-15(21)12-14)20(28)25(22-17)16-10-5-4-6-11-16/h4-12H,3,13H2,1-2H3. The highest BCUT2D eigenvalue weighted by Crippen LogP contribution is 2.06. The summed E-state index contributed by atoms with van der Waals surface area (Å²) < 4.78 is 15.4. The van der Waals surface area contributed by atoms with Crippen LogP contribution in [0.15, 0.2) is 64.2 Å². The van der Waals surface area contributed by atoms with Gasteiger partial charge >= 0.3 is 5.69 Å². The van der Waals surface area contributed by atoms with Gasteiger partial charge in [0, 0.05) is 13.6 Å². The molecule has 144 valence electrons. The third kappa shape index (κ3) is 3.75. The molecule has 0 N–H and O–H groups in total. The van der Waals surface area contributed by atoms with E-state index in [1.54, 1.807) is 50.4 Å². The van der Waals surface area contributed by atoms with Gasteiger partial charge in [0.1, 0.15) is 5.82 Å². The van der Waals surface area contributed by atoms with Gasteiger partial charge in [-0.3, -0.25) is 14.2 Å². The molecule has 8 heteroatoms. The Morgan fingerprint density at radius 1 is 1.11 bits per heavy atom. The number of amides is 1. The van der Waals surface area contributed by atoms with Gasteiger partial charge in [0.05, 0.1) is 12.2 Å². The van der Waals surface area contributed by atoms with Crippen molar-refractivity contribution < 1.29 is 9.18 Å². The van der Waals surface area contributed by atoms with E-state index >= 15 is 0 Å². The largest absolute Gasteiger partial charge is 0.352 e. The number of aromatic nitrogens is 3. The van der Waals surface area contributed by atoms with Crippen LogP contribution in [0.3, 0.4) is 0 Å². The van der Waals surface area contributed by atoms with E-state index in [4.69, 9.17) is 0 Å². The summed E-state index contributed by atoms with van der Waals surface area (Å²) in [5.41, 5.74) is -1.06. The van der Waals surface area contributed by atoms with Gasteiger partial charge < -0.3 is 4.90 Å². The second-order valence-electron chi connectivity index (χ2n) is 6.22. The van der Waals surface area contributed by atoms with Crippen LogP contribution in [0.1, 0.15) is 23.0 Å². The first-order valence-electron chi connectivity index (χ1n) is 8.72. The lowest BCUT2D eigenvalue weighted by Gasteiger charge is -2.16. The summed E-state index contributed by atoms with van der Waals surface area (Å²) in [4.78, 5) is 39.8. The lowest BCUT2D eigenvalue weighted by atomic mass is 10.2. The third-order valence-electron chi connectivity index (χ3n) is 4.31. The van der Waals surface area contributed by atoms with E-state index in [2.05, 4.69) is 5.10 Å². The molecule has 1 amide bonds. The molecule has 0 spiro atoms. The predicted molar refractivity (Wildman–Crippen MR) is 102 cm³/mol. The van der Waals surface area contributed by atoms with E-state index < -0.39 is 23.0 Å². The number of benzene rings is 2. The summed E-state index contributed by atoms with van der Waals surface area (Å²) in [5, 5.41) is 4.04. The fourth-order valence-electron chi connectivity index (χ4n) is 2.67. The van der Waals surface area contributed by atoms with E-state index in [1.165, 1.54) is 23.1 Å². The second kappa shape index (κ2) is 7.99. The van der Waals surface area contributed by atoms with Gasteiger partial charge in [-0.15, -0.1) is 0 Å². The van der Waals surface area contributed by atoms with Gasteiger partial charge in [-0.1, -0.05) is 30.3 Å². The van der Waals surface area contributed by atoms with Crippen molar-refractivity contribution >= 4 is 5.91 Å². The van der Waals surface area contributed by atoms with Gasteiger partial charge in [0.2, 0.25) is 5.69 Å². The van der Waals surface area contributed by atoms with Gasteiger partial charge in [-0.05, 0) is 36.8 Å². The first kappa shape index (κ1) is 19.2. The van der Waals surface area contributed by atoms with Crippen molar-refractivity contribution in [3.8, 4) is 5.69 Å². The molecule has 0 bridgehead atoms. The highest BCUT2D eigenvalue weighted by atomic mass is 19.1. The zero-order chi connectivity index (χ0) is 20.3. The van der Waals surface area contributed by atoms with Crippen molar-refractivity contribution in [1.82, 2.24) is 19.2 Å². The Hall–Kier alpha value is -3.55. The fourth-order valence-corrected chi connectivity index (χ4v) is 2.67. The SMILES string of the molecule is CCN(C)C(=O)c1nn(-c2ccccc2)c(=O)n(Cc2cccc(F)c2)c1=O. The maximum absolute atomic E-state index is 13.5. The lowest BCUT2D eigenvalue weighted by Crippen LogP contribution is -2.46. The van der Waals surface area contributed by atoms with E-state index in [9.17, 15) is 18.8 Å². The van der Waals surface area contributed by atoms with Crippen LogP contribution in [0.25, 0.3) is 5.69 Å². The maximum atomic E-state index is 13.5. The molecule has 3 rings (SSSR count). The van der Waals surface area contributed by atoms with E-state index in [0.29, 0.717) is 17.8 Å². The molecule has 3 aromatic rings. The molecule has 0 saturated carbocycles. The number of rotatable bonds is 5. The molecule has 0 atom stereocenters. The lowest BCUT2D eigenvalue weighted by molar-refractivity contribution is 0.0791. The molecule has 28 heavy (non-hydrogen) atoms. The zero-order valence-corrected chi connectivity index (χ0v) is 15.5. The van der Waals surface area contributed by atoms with Crippen LogP contribution in [0.2, 0.25) is 0 Å². The van der Waals surface area contributed by atoms with E-state index in [-0.39, 0.29) is 12.2 Å². The van der Waals surface area contributed by atoms with Crippen LogP contribution in [-0.2, 0) is 6.54 Å². The molecule has 0 fully saturated rings. The summed E-state index contributed by atoms with van der Waals surface area (Å²) in [6, 6.07) is 14.1.